The molecule has 110 valence electrons. The molecule has 19 heavy (non-hydrogen) atoms. The molecule has 0 spiro atoms. The fourth-order valence-corrected chi connectivity index (χ4v) is 2.70. The van der Waals surface area contributed by atoms with Crippen molar-refractivity contribution >= 4 is 81.5 Å². The van der Waals surface area contributed by atoms with Gasteiger partial charge in [-0.1, -0.05) is 46.4 Å². The summed E-state index contributed by atoms with van der Waals surface area (Å²) in [6, 6.07) is 0. The normalized spacial score (nSPS) is 17.6. The lowest BCUT2D eigenvalue weighted by atomic mass is 9.90. The van der Waals surface area contributed by atoms with E-state index in [9.17, 15) is 9.59 Å². The second kappa shape index (κ2) is 8.65. The Morgan fingerprint density at radius 2 is 1.42 bits per heavy atom. The van der Waals surface area contributed by atoms with E-state index in [0.29, 0.717) is 0 Å². The van der Waals surface area contributed by atoms with E-state index in [2.05, 4.69) is 0 Å². The van der Waals surface area contributed by atoms with Crippen LogP contribution in [0.5, 0.6) is 0 Å². The number of alkyl halides is 4. The summed E-state index contributed by atoms with van der Waals surface area (Å²) in [5, 5.41) is 16.0. The molecule has 3 unspecified atom stereocenters. The highest BCUT2D eigenvalue weighted by Crippen LogP contribution is 2.35. The van der Waals surface area contributed by atoms with Crippen molar-refractivity contribution in [3.05, 3.63) is 10.1 Å². The molecule has 0 aliphatic rings. The van der Waals surface area contributed by atoms with Gasteiger partial charge in [-0.3, -0.25) is 9.59 Å². The molecule has 4 nitrogen and oxygen atoms in total. The first-order chi connectivity index (χ1) is 8.64. The molecule has 0 rings (SSSR count). The van der Waals surface area contributed by atoms with Crippen LogP contribution in [0.3, 0.4) is 0 Å². The van der Waals surface area contributed by atoms with Gasteiger partial charge in [-0.15, -0.1) is 23.2 Å². The summed E-state index contributed by atoms with van der Waals surface area (Å²) in [7, 11) is 0. The van der Waals surface area contributed by atoms with Gasteiger partial charge in [0.2, 0.25) is 0 Å². The zero-order chi connectivity index (χ0) is 15.3. The Hall–Kier alpha value is 0.420. The number of rotatable bonds is 7. The van der Waals surface area contributed by atoms with Crippen molar-refractivity contribution in [2.75, 3.05) is 5.88 Å². The van der Waals surface area contributed by atoms with Crippen molar-refractivity contribution in [2.24, 2.45) is 11.8 Å². The highest BCUT2D eigenvalue weighted by atomic mass is 35.5. The number of aliphatic carboxylic acids is 2. The van der Waals surface area contributed by atoms with Gasteiger partial charge >= 0.3 is 11.9 Å². The minimum Gasteiger partial charge on any atom is -0.481 e. The van der Waals surface area contributed by atoms with Crippen LogP contribution in [0.4, 0.5) is 0 Å². The van der Waals surface area contributed by atoms with Crippen LogP contribution in [-0.2, 0) is 9.59 Å². The van der Waals surface area contributed by atoms with Crippen LogP contribution in [0.1, 0.15) is 0 Å². The average molecular weight is 393 g/mol. The van der Waals surface area contributed by atoms with E-state index in [1.807, 2.05) is 0 Å². The maximum atomic E-state index is 11.1. The molecule has 3 atom stereocenters. The predicted octanol–water partition coefficient (Wildman–Crippen LogP) is 3.73. The number of hydrogen-bond donors (Lipinski definition) is 2. The quantitative estimate of drug-likeness (QED) is 0.647. The summed E-state index contributed by atoms with van der Waals surface area (Å²) in [5.41, 5.74) is 0. The molecule has 0 aliphatic heterocycles. The van der Waals surface area contributed by atoms with E-state index in [1.165, 1.54) is 0 Å². The number of halogens is 6. The molecule has 0 amide bonds. The van der Waals surface area contributed by atoms with Gasteiger partial charge in [-0.05, 0) is 0 Å². The Morgan fingerprint density at radius 3 is 1.68 bits per heavy atom. The van der Waals surface area contributed by atoms with Gasteiger partial charge in [0.25, 0.3) is 0 Å². The minimum absolute atomic E-state index is 0.269. The second-order valence-corrected chi connectivity index (χ2v) is 6.05. The van der Waals surface area contributed by atoms with Crippen molar-refractivity contribution in [3.8, 4) is 0 Å². The third-order valence-corrected chi connectivity index (χ3v) is 4.73. The third-order valence-electron chi connectivity index (χ3n) is 2.18. The molecule has 0 fully saturated rings. The zero-order valence-corrected chi connectivity index (χ0v) is 13.5. The van der Waals surface area contributed by atoms with Crippen molar-refractivity contribution in [2.45, 2.75) is 10.2 Å². The van der Waals surface area contributed by atoms with Crippen molar-refractivity contribution in [1.82, 2.24) is 0 Å². The van der Waals surface area contributed by atoms with Crippen molar-refractivity contribution in [3.63, 3.8) is 0 Å². The Morgan fingerprint density at radius 1 is 0.947 bits per heavy atom. The SMILES string of the molecule is O=C(O)C(CCl)C(C(=O)O)C(Cl)/C(Cl)=C(\Cl)C(Cl)Cl. The van der Waals surface area contributed by atoms with E-state index in [0.717, 1.165) is 0 Å². The number of carbonyl (C=O) groups is 2. The molecule has 0 saturated heterocycles. The first kappa shape index (κ1) is 19.4. The van der Waals surface area contributed by atoms with E-state index in [1.54, 1.807) is 0 Å². The standard InChI is InChI=1S/C9H8Cl6O4/c10-1-2(8(16)17)3(9(18)19)4(11)5(12)6(13)7(14)15/h2-4,7H,1H2,(H,16,17)(H,18,19)/b6-5+. The predicted molar refractivity (Wildman–Crippen MR) is 76.8 cm³/mol. The first-order valence-electron chi connectivity index (χ1n) is 4.63. The number of carboxylic acid groups (broad SMARTS) is 2. The minimum atomic E-state index is -1.58. The first-order valence-corrected chi connectivity index (χ1v) is 7.23. The Labute approximate surface area is 139 Å². The Kier molecular flexibility index (Phi) is 8.84. The highest BCUT2D eigenvalue weighted by Gasteiger charge is 2.40. The highest BCUT2D eigenvalue weighted by molar-refractivity contribution is 6.55. The van der Waals surface area contributed by atoms with Gasteiger partial charge in [-0.25, -0.2) is 0 Å². The monoisotopic (exact) mass is 390 g/mol. The van der Waals surface area contributed by atoms with Crippen molar-refractivity contribution < 1.29 is 19.8 Å². The molecule has 0 bridgehead atoms. The van der Waals surface area contributed by atoms with Crippen LogP contribution in [-0.4, -0.2) is 38.2 Å². The lowest BCUT2D eigenvalue weighted by Crippen LogP contribution is -2.37. The molecule has 0 aromatic carbocycles. The Balaban J connectivity index is 5.49. The van der Waals surface area contributed by atoms with Crippen LogP contribution in [0.2, 0.25) is 0 Å². The lowest BCUT2D eigenvalue weighted by Gasteiger charge is -2.23. The van der Waals surface area contributed by atoms with Gasteiger partial charge in [-0.2, -0.15) is 0 Å². The molecular formula is C9H8Cl6O4. The molecular weight excluding hydrogens is 385 g/mol. The van der Waals surface area contributed by atoms with Crippen LogP contribution in [0.25, 0.3) is 0 Å². The number of allylic oxidation sites excluding steroid dienone is 2. The summed E-state index contributed by atoms with van der Waals surface area (Å²) in [4.78, 5) is 20.9. The number of carboxylic acids is 2. The fraction of sp³-hybridized carbons (Fsp3) is 0.556. The average Bonchev–Trinajstić information content (AvgIpc) is 2.31. The number of hydrogen-bond acceptors (Lipinski definition) is 2. The molecule has 0 heterocycles. The lowest BCUT2D eigenvalue weighted by molar-refractivity contribution is -0.152. The summed E-state index contributed by atoms with van der Waals surface area (Å²) in [6.45, 7) is 0. The van der Waals surface area contributed by atoms with E-state index >= 15 is 0 Å². The zero-order valence-electron chi connectivity index (χ0n) is 9.00. The maximum absolute atomic E-state index is 11.1. The van der Waals surface area contributed by atoms with Crippen molar-refractivity contribution in [1.29, 1.82) is 0 Å². The van der Waals surface area contributed by atoms with Gasteiger partial charge in [0, 0.05) is 5.88 Å². The molecule has 0 aromatic rings. The molecule has 0 aliphatic carbocycles. The summed E-state index contributed by atoms with van der Waals surface area (Å²) < 4.78 is 0. The summed E-state index contributed by atoms with van der Waals surface area (Å²) in [6.07, 6.45) is 0. The molecule has 0 aromatic heterocycles. The van der Waals surface area contributed by atoms with Gasteiger partial charge in [0.1, 0.15) is 4.84 Å². The van der Waals surface area contributed by atoms with E-state index in [-0.39, 0.29) is 10.1 Å². The van der Waals surface area contributed by atoms with Gasteiger partial charge < -0.3 is 10.2 Å². The largest absolute Gasteiger partial charge is 0.481 e. The topological polar surface area (TPSA) is 74.6 Å². The maximum Gasteiger partial charge on any atom is 0.309 e. The molecule has 0 radical (unpaired) electrons. The summed E-state index contributed by atoms with van der Waals surface area (Å²) >= 11 is 33.7. The van der Waals surface area contributed by atoms with E-state index < -0.39 is 39.9 Å². The van der Waals surface area contributed by atoms with Crippen LogP contribution < -0.4 is 0 Å². The van der Waals surface area contributed by atoms with Gasteiger partial charge in [0.05, 0.1) is 27.3 Å². The van der Waals surface area contributed by atoms with Crippen LogP contribution in [0.15, 0.2) is 10.1 Å². The smallest absolute Gasteiger partial charge is 0.309 e. The van der Waals surface area contributed by atoms with Gasteiger partial charge in [0.15, 0.2) is 0 Å². The second-order valence-electron chi connectivity index (χ2n) is 3.36. The third kappa shape index (κ3) is 5.37. The Bertz CT molecular complexity index is 383. The molecule has 2 N–H and O–H groups in total. The molecule has 0 saturated carbocycles. The van der Waals surface area contributed by atoms with Crippen LogP contribution in [0, 0.1) is 11.8 Å². The van der Waals surface area contributed by atoms with Crippen LogP contribution >= 0.6 is 69.6 Å². The van der Waals surface area contributed by atoms with E-state index in [4.69, 9.17) is 79.8 Å². The molecule has 10 heteroatoms. The fourth-order valence-electron chi connectivity index (χ4n) is 1.21. The summed E-state index contributed by atoms with van der Waals surface area (Å²) in [5.74, 6) is -6.37.